The second-order valence-electron chi connectivity index (χ2n) is 4.18. The third-order valence-electron chi connectivity index (χ3n) is 2.09. The number of hydrogen-bond acceptors (Lipinski definition) is 3. The summed E-state index contributed by atoms with van der Waals surface area (Å²) in [5, 5.41) is 0.451. The Morgan fingerprint density at radius 1 is 1.47 bits per heavy atom. The van der Waals surface area contributed by atoms with Crippen LogP contribution in [0.5, 0.6) is 0 Å². The van der Waals surface area contributed by atoms with E-state index < -0.39 is 10.8 Å². The molecule has 2 N–H and O–H groups in total. The first kappa shape index (κ1) is 14.5. The van der Waals surface area contributed by atoms with E-state index in [1.807, 2.05) is 0 Å². The summed E-state index contributed by atoms with van der Waals surface area (Å²) >= 11 is 5.97. The molecule has 1 rings (SSSR count). The molecule has 1 unspecified atom stereocenters. The van der Waals surface area contributed by atoms with E-state index in [0.717, 1.165) is 0 Å². The third-order valence-corrected chi connectivity index (χ3v) is 3.96. The Bertz CT molecular complexity index is 376. The van der Waals surface area contributed by atoms with Crippen LogP contribution in [0.1, 0.15) is 13.8 Å². The molecule has 0 bridgehead atoms. The van der Waals surface area contributed by atoms with Gasteiger partial charge in [-0.2, -0.15) is 0 Å². The average molecular weight is 276 g/mol. The van der Waals surface area contributed by atoms with Crippen molar-refractivity contribution in [2.24, 2.45) is 5.92 Å². The molecular formula is C12H18ClNO2S. The zero-order valence-corrected chi connectivity index (χ0v) is 11.7. The molecule has 5 heteroatoms. The van der Waals surface area contributed by atoms with Crippen LogP contribution in [-0.4, -0.2) is 23.2 Å². The summed E-state index contributed by atoms with van der Waals surface area (Å²) in [5.74, 6) is 0.898. The summed E-state index contributed by atoms with van der Waals surface area (Å²) < 4.78 is 17.4. The molecule has 1 aromatic carbocycles. The molecule has 0 aliphatic rings. The van der Waals surface area contributed by atoms with Gasteiger partial charge in [0.15, 0.2) is 0 Å². The van der Waals surface area contributed by atoms with E-state index in [1.54, 1.807) is 18.2 Å². The number of anilines is 1. The van der Waals surface area contributed by atoms with Crippen LogP contribution in [0.4, 0.5) is 5.69 Å². The molecule has 0 radical (unpaired) electrons. The lowest BCUT2D eigenvalue weighted by atomic mass is 10.2. The molecule has 96 valence electrons. The largest absolute Gasteiger partial charge is 0.398 e. The van der Waals surface area contributed by atoms with E-state index in [2.05, 4.69) is 13.8 Å². The van der Waals surface area contributed by atoms with Crippen molar-refractivity contribution < 1.29 is 8.95 Å². The van der Waals surface area contributed by atoms with Gasteiger partial charge in [-0.1, -0.05) is 31.5 Å². The Hall–Kier alpha value is -0.580. The van der Waals surface area contributed by atoms with Crippen molar-refractivity contribution in [3.8, 4) is 0 Å². The normalized spacial score (nSPS) is 12.9. The average Bonchev–Trinajstić information content (AvgIpc) is 2.24. The van der Waals surface area contributed by atoms with Crippen molar-refractivity contribution in [3.05, 3.63) is 23.2 Å². The minimum Gasteiger partial charge on any atom is -0.398 e. The van der Waals surface area contributed by atoms with E-state index in [-0.39, 0.29) is 0 Å². The van der Waals surface area contributed by atoms with Gasteiger partial charge in [-0.05, 0) is 18.1 Å². The number of ether oxygens (including phenoxy) is 1. The Labute approximate surface area is 110 Å². The van der Waals surface area contributed by atoms with Crippen molar-refractivity contribution in [1.29, 1.82) is 0 Å². The van der Waals surface area contributed by atoms with Crippen molar-refractivity contribution in [2.45, 2.75) is 18.7 Å². The van der Waals surface area contributed by atoms with E-state index in [4.69, 9.17) is 22.1 Å². The second-order valence-corrected chi connectivity index (χ2v) is 6.09. The lowest BCUT2D eigenvalue weighted by molar-refractivity contribution is 0.123. The Kier molecular flexibility index (Phi) is 5.95. The lowest BCUT2D eigenvalue weighted by Crippen LogP contribution is -2.11. The van der Waals surface area contributed by atoms with Gasteiger partial charge < -0.3 is 10.5 Å². The molecule has 0 fully saturated rings. The van der Waals surface area contributed by atoms with Crippen LogP contribution in [-0.2, 0) is 15.5 Å². The third kappa shape index (κ3) is 4.66. The van der Waals surface area contributed by atoms with Crippen LogP contribution < -0.4 is 5.73 Å². The van der Waals surface area contributed by atoms with Gasteiger partial charge in [-0.3, -0.25) is 4.21 Å². The molecule has 3 nitrogen and oxygen atoms in total. The molecule has 17 heavy (non-hydrogen) atoms. The summed E-state index contributed by atoms with van der Waals surface area (Å²) in [6.45, 7) is 5.27. The molecule has 0 aliphatic carbocycles. The first-order chi connectivity index (χ1) is 8.02. The highest BCUT2D eigenvalue weighted by molar-refractivity contribution is 7.85. The summed E-state index contributed by atoms with van der Waals surface area (Å²) in [5.41, 5.74) is 6.23. The van der Waals surface area contributed by atoms with Crippen LogP contribution in [0, 0.1) is 5.92 Å². The van der Waals surface area contributed by atoms with Crippen molar-refractivity contribution >= 4 is 28.1 Å². The van der Waals surface area contributed by atoms with Crippen LogP contribution >= 0.6 is 11.6 Å². The van der Waals surface area contributed by atoms with Crippen LogP contribution in [0.25, 0.3) is 0 Å². The summed E-state index contributed by atoms with van der Waals surface area (Å²) in [6, 6.07) is 5.14. The zero-order valence-electron chi connectivity index (χ0n) is 10.1. The molecule has 0 aromatic heterocycles. The molecule has 0 aliphatic heterocycles. The fraction of sp³-hybridized carbons (Fsp3) is 0.500. The van der Waals surface area contributed by atoms with Gasteiger partial charge in [-0.25, -0.2) is 0 Å². The maximum atomic E-state index is 12.0. The molecule has 1 aromatic rings. The first-order valence-corrected chi connectivity index (χ1v) is 7.22. The van der Waals surface area contributed by atoms with Gasteiger partial charge in [0.2, 0.25) is 0 Å². The maximum Gasteiger partial charge on any atom is 0.0804 e. The van der Waals surface area contributed by atoms with Gasteiger partial charge in [-0.15, -0.1) is 0 Å². The number of benzene rings is 1. The second kappa shape index (κ2) is 6.99. The molecule has 1 atom stereocenters. The number of nitrogens with two attached hydrogens (primary N) is 1. The van der Waals surface area contributed by atoms with Gasteiger partial charge in [0.05, 0.1) is 33.1 Å². The minimum atomic E-state index is -1.20. The van der Waals surface area contributed by atoms with Crippen molar-refractivity contribution in [3.63, 3.8) is 0 Å². The topological polar surface area (TPSA) is 52.3 Å². The minimum absolute atomic E-state index is 0.417. The number of rotatable bonds is 6. The fourth-order valence-electron chi connectivity index (χ4n) is 1.32. The Balaban J connectivity index is 2.53. The SMILES string of the molecule is CC(C)COCCS(=O)c1c(N)cccc1Cl. The number of nitrogen functional groups attached to an aromatic ring is 1. The maximum absolute atomic E-state index is 12.0. The standard InChI is InChI=1S/C12H18ClNO2S/c1-9(2)8-16-6-7-17(15)12-10(13)4-3-5-11(12)14/h3-5,9H,6-8,14H2,1-2H3. The quantitative estimate of drug-likeness (QED) is 0.641. The van der Waals surface area contributed by atoms with Crippen LogP contribution in [0.2, 0.25) is 5.02 Å². The van der Waals surface area contributed by atoms with Gasteiger partial charge in [0, 0.05) is 12.3 Å². The van der Waals surface area contributed by atoms with Crippen molar-refractivity contribution in [1.82, 2.24) is 0 Å². The monoisotopic (exact) mass is 275 g/mol. The van der Waals surface area contributed by atoms with E-state index >= 15 is 0 Å². The van der Waals surface area contributed by atoms with Gasteiger partial charge in [0.1, 0.15) is 0 Å². The molecule has 0 heterocycles. The number of halogens is 1. The van der Waals surface area contributed by atoms with Crippen LogP contribution in [0.3, 0.4) is 0 Å². The Morgan fingerprint density at radius 3 is 2.76 bits per heavy atom. The van der Waals surface area contributed by atoms with E-state index in [1.165, 1.54) is 0 Å². The lowest BCUT2D eigenvalue weighted by Gasteiger charge is -2.09. The van der Waals surface area contributed by atoms with Crippen LogP contribution in [0.15, 0.2) is 23.1 Å². The highest BCUT2D eigenvalue weighted by Crippen LogP contribution is 2.25. The summed E-state index contributed by atoms with van der Waals surface area (Å²) in [7, 11) is -1.20. The zero-order chi connectivity index (χ0) is 12.8. The molecule has 0 amide bonds. The number of hydrogen-bond donors (Lipinski definition) is 1. The van der Waals surface area contributed by atoms with E-state index in [0.29, 0.717) is 40.5 Å². The predicted octanol–water partition coefficient (Wildman–Crippen LogP) is 2.70. The molecule has 0 saturated heterocycles. The molecule has 0 spiro atoms. The van der Waals surface area contributed by atoms with Gasteiger partial charge >= 0.3 is 0 Å². The predicted molar refractivity (Wildman–Crippen MR) is 72.8 cm³/mol. The first-order valence-electron chi connectivity index (χ1n) is 5.52. The fourth-order valence-corrected chi connectivity index (χ4v) is 2.85. The highest BCUT2D eigenvalue weighted by Gasteiger charge is 2.12. The van der Waals surface area contributed by atoms with Crippen molar-refractivity contribution in [2.75, 3.05) is 24.7 Å². The van der Waals surface area contributed by atoms with Gasteiger partial charge in [0.25, 0.3) is 0 Å². The molecule has 0 saturated carbocycles. The molecular weight excluding hydrogens is 258 g/mol. The van der Waals surface area contributed by atoms with E-state index in [9.17, 15) is 4.21 Å². The summed E-state index contributed by atoms with van der Waals surface area (Å²) in [6.07, 6.45) is 0. The summed E-state index contributed by atoms with van der Waals surface area (Å²) in [4.78, 5) is 0.516. The smallest absolute Gasteiger partial charge is 0.0804 e. The Morgan fingerprint density at radius 2 is 2.18 bits per heavy atom. The highest BCUT2D eigenvalue weighted by atomic mass is 35.5.